The summed E-state index contributed by atoms with van der Waals surface area (Å²) in [6.07, 6.45) is -3.12. The monoisotopic (exact) mass is 549 g/mol. The summed E-state index contributed by atoms with van der Waals surface area (Å²) in [5.74, 6) is -2.49. The van der Waals surface area contributed by atoms with E-state index in [2.05, 4.69) is 9.47 Å². The number of rotatable bonds is 7. The summed E-state index contributed by atoms with van der Waals surface area (Å²) in [7, 11) is 0. The lowest BCUT2D eigenvalue weighted by Gasteiger charge is -2.36. The number of hydrogen-bond acceptors (Lipinski definition) is 7. The van der Waals surface area contributed by atoms with E-state index in [-0.39, 0.29) is 12.1 Å². The van der Waals surface area contributed by atoms with Crippen LogP contribution in [0.5, 0.6) is 17.2 Å². The van der Waals surface area contributed by atoms with Crippen molar-refractivity contribution in [3.05, 3.63) is 88.0 Å². The predicted octanol–water partition coefficient (Wildman–Crippen LogP) is 6.19. The lowest BCUT2D eigenvalue weighted by molar-refractivity contribution is 0.0633. The molecule has 0 heterocycles. The highest BCUT2D eigenvalue weighted by molar-refractivity contribution is 5.99. The molecule has 0 unspecified atom stereocenters. The number of aryl methyl sites for hydroxylation is 3. The second kappa shape index (κ2) is 11.8. The van der Waals surface area contributed by atoms with E-state index in [1.165, 1.54) is 0 Å². The van der Waals surface area contributed by atoms with Crippen LogP contribution in [-0.4, -0.2) is 44.6 Å². The third-order valence-electron chi connectivity index (χ3n) is 6.48. The number of carbonyl (C=O) groups excluding carboxylic acids is 1. The minimum absolute atomic E-state index is 0.148. The zero-order valence-corrected chi connectivity index (χ0v) is 21.7. The molecule has 0 bridgehead atoms. The van der Waals surface area contributed by atoms with E-state index in [0.717, 1.165) is 52.8 Å². The average Bonchev–Trinajstić information content (AvgIpc) is 2.86. The lowest BCUT2D eigenvalue weighted by Crippen LogP contribution is -2.36. The number of carboxylic acid groups (broad SMARTS) is 3. The maximum atomic E-state index is 14.3. The smallest absolute Gasteiger partial charge is 0.449 e. The van der Waals surface area contributed by atoms with E-state index in [0.29, 0.717) is 6.42 Å². The molecule has 1 amide bonds. The van der Waals surface area contributed by atoms with Gasteiger partial charge >= 0.3 is 18.5 Å². The first-order valence-electron chi connectivity index (χ1n) is 12.4. The van der Waals surface area contributed by atoms with E-state index in [9.17, 15) is 29.4 Å². The van der Waals surface area contributed by atoms with Gasteiger partial charge in [-0.1, -0.05) is 53.6 Å². The van der Waals surface area contributed by atoms with Gasteiger partial charge in [0.1, 0.15) is 0 Å². The standard InChI is InChI=1S/C29H27NO10/c1-16-10-17(2)12-18(11-16)15-30(22-9-5-7-19-6-3-4-8-20(19)22)26(31)21-13-24(39-28(34)35)25(40-29(36)37)14-23(21)38-27(32)33/h3-4,6,8,10-14,22H,5,7,9,15H2,1-2H3,(H,32,33)(H,34,35)(H,36,37)/t22-/m0/s1. The number of amides is 1. The first-order chi connectivity index (χ1) is 19.0. The van der Waals surface area contributed by atoms with Gasteiger partial charge in [-0.05, 0) is 49.8 Å². The van der Waals surface area contributed by atoms with Crippen molar-refractivity contribution < 1.29 is 48.7 Å². The molecule has 1 aliphatic carbocycles. The fourth-order valence-corrected chi connectivity index (χ4v) is 5.12. The molecule has 1 atom stereocenters. The third-order valence-corrected chi connectivity index (χ3v) is 6.48. The SMILES string of the molecule is Cc1cc(C)cc(CN(C(=O)c2cc(OC(=O)O)c(OC(=O)O)cc2OC(=O)O)[C@H]2CCCc3ccccc32)c1. The zero-order chi connectivity index (χ0) is 29.0. The number of ether oxygens (including phenoxy) is 3. The Morgan fingerprint density at radius 3 is 2.00 bits per heavy atom. The van der Waals surface area contributed by atoms with Crippen molar-refractivity contribution in [1.29, 1.82) is 0 Å². The van der Waals surface area contributed by atoms with Gasteiger partial charge in [0.05, 0.1) is 11.6 Å². The summed E-state index contributed by atoms with van der Waals surface area (Å²) in [4.78, 5) is 49.9. The summed E-state index contributed by atoms with van der Waals surface area (Å²) in [5.41, 5.74) is 4.51. The highest BCUT2D eigenvalue weighted by Gasteiger charge is 2.33. The Morgan fingerprint density at radius 2 is 1.38 bits per heavy atom. The van der Waals surface area contributed by atoms with Crippen LogP contribution in [0, 0.1) is 13.8 Å². The normalized spacial score (nSPS) is 14.0. The second-order valence-corrected chi connectivity index (χ2v) is 9.43. The van der Waals surface area contributed by atoms with Gasteiger partial charge in [0.2, 0.25) is 0 Å². The van der Waals surface area contributed by atoms with E-state index in [1.54, 1.807) is 4.90 Å². The molecule has 11 heteroatoms. The predicted molar refractivity (Wildman–Crippen MR) is 140 cm³/mol. The fourth-order valence-electron chi connectivity index (χ4n) is 5.12. The van der Waals surface area contributed by atoms with Gasteiger partial charge in [-0.15, -0.1) is 0 Å². The van der Waals surface area contributed by atoms with Crippen LogP contribution in [-0.2, 0) is 13.0 Å². The zero-order valence-electron chi connectivity index (χ0n) is 21.7. The fraction of sp³-hybridized carbons (Fsp3) is 0.241. The van der Waals surface area contributed by atoms with Gasteiger partial charge in [0.25, 0.3) is 5.91 Å². The summed E-state index contributed by atoms with van der Waals surface area (Å²) in [6.45, 7) is 4.03. The molecule has 11 nitrogen and oxygen atoms in total. The Labute approximate surface area is 229 Å². The van der Waals surface area contributed by atoms with Crippen LogP contribution in [0.3, 0.4) is 0 Å². The van der Waals surface area contributed by atoms with E-state index in [1.807, 2.05) is 56.3 Å². The summed E-state index contributed by atoms with van der Waals surface area (Å²) < 4.78 is 14.1. The molecule has 0 spiro atoms. The highest BCUT2D eigenvalue weighted by atomic mass is 16.7. The summed E-state index contributed by atoms with van der Waals surface area (Å²) in [5, 5.41) is 27.6. The van der Waals surface area contributed by atoms with Crippen molar-refractivity contribution in [3.63, 3.8) is 0 Å². The maximum Gasteiger partial charge on any atom is 0.511 e. The molecule has 0 aromatic heterocycles. The molecule has 0 fully saturated rings. The number of fused-ring (bicyclic) bond motifs is 1. The largest absolute Gasteiger partial charge is 0.511 e. The molecular weight excluding hydrogens is 522 g/mol. The van der Waals surface area contributed by atoms with Gasteiger partial charge in [-0.25, -0.2) is 14.4 Å². The van der Waals surface area contributed by atoms with Crippen molar-refractivity contribution in [1.82, 2.24) is 4.90 Å². The molecule has 208 valence electrons. The molecule has 4 rings (SSSR count). The number of nitrogens with zero attached hydrogens (tertiary/aromatic N) is 1. The van der Waals surface area contributed by atoms with E-state index in [4.69, 9.17) is 9.84 Å². The first kappa shape index (κ1) is 28.0. The van der Waals surface area contributed by atoms with Crippen molar-refractivity contribution in [2.75, 3.05) is 0 Å². The van der Waals surface area contributed by atoms with E-state index >= 15 is 0 Å². The van der Waals surface area contributed by atoms with Crippen LogP contribution in [0.2, 0.25) is 0 Å². The third kappa shape index (κ3) is 6.49. The quantitative estimate of drug-likeness (QED) is 0.229. The van der Waals surface area contributed by atoms with Crippen LogP contribution >= 0.6 is 0 Å². The number of benzene rings is 3. The van der Waals surface area contributed by atoms with Gasteiger partial charge in [0.15, 0.2) is 17.2 Å². The van der Waals surface area contributed by atoms with Crippen LogP contribution in [0.15, 0.2) is 54.6 Å². The average molecular weight is 550 g/mol. The minimum Gasteiger partial charge on any atom is -0.449 e. The topological polar surface area (TPSA) is 160 Å². The van der Waals surface area contributed by atoms with Crippen molar-refractivity contribution in [2.45, 2.75) is 45.7 Å². The lowest BCUT2D eigenvalue weighted by atomic mass is 9.86. The Bertz CT molecular complexity index is 1460. The molecule has 3 aromatic rings. The molecule has 0 radical (unpaired) electrons. The first-order valence-corrected chi connectivity index (χ1v) is 12.4. The Balaban J connectivity index is 1.88. The molecule has 1 aliphatic rings. The second-order valence-electron chi connectivity index (χ2n) is 9.43. The Morgan fingerprint density at radius 1 is 0.800 bits per heavy atom. The maximum absolute atomic E-state index is 14.3. The van der Waals surface area contributed by atoms with Gasteiger partial charge < -0.3 is 34.4 Å². The molecule has 40 heavy (non-hydrogen) atoms. The molecule has 3 N–H and O–H groups in total. The molecule has 0 aliphatic heterocycles. The Kier molecular flexibility index (Phi) is 8.23. The van der Waals surface area contributed by atoms with Crippen LogP contribution in [0.4, 0.5) is 14.4 Å². The Hall–Kier alpha value is -5.06. The van der Waals surface area contributed by atoms with Crippen LogP contribution in [0.1, 0.15) is 57.1 Å². The number of carbonyl (C=O) groups is 4. The summed E-state index contributed by atoms with van der Waals surface area (Å²) in [6, 6.07) is 15.0. The van der Waals surface area contributed by atoms with Crippen LogP contribution < -0.4 is 14.2 Å². The minimum atomic E-state index is -1.81. The van der Waals surface area contributed by atoms with Crippen LogP contribution in [0.25, 0.3) is 0 Å². The van der Waals surface area contributed by atoms with Crippen molar-refractivity contribution >= 4 is 24.4 Å². The van der Waals surface area contributed by atoms with Gasteiger partial charge in [0, 0.05) is 18.7 Å². The highest BCUT2D eigenvalue weighted by Crippen LogP contribution is 2.40. The van der Waals surface area contributed by atoms with Gasteiger partial charge in [-0.3, -0.25) is 4.79 Å². The molecular formula is C29H27NO10. The molecule has 0 saturated heterocycles. The molecule has 3 aromatic carbocycles. The number of hydrogen-bond donors (Lipinski definition) is 3. The van der Waals surface area contributed by atoms with Crippen molar-refractivity contribution in [3.8, 4) is 17.2 Å². The summed E-state index contributed by atoms with van der Waals surface area (Å²) >= 11 is 0. The van der Waals surface area contributed by atoms with Crippen molar-refractivity contribution in [2.24, 2.45) is 0 Å². The van der Waals surface area contributed by atoms with Gasteiger partial charge in [-0.2, -0.15) is 0 Å². The van der Waals surface area contributed by atoms with E-state index < -0.39 is 47.7 Å². The molecule has 0 saturated carbocycles.